The molecule has 0 atom stereocenters. The molecule has 3 nitrogen and oxygen atoms in total. The van der Waals surface area contributed by atoms with Crippen LogP contribution in [-0.4, -0.2) is 46.0 Å². The Hall–Kier alpha value is -1.07. The van der Waals surface area contributed by atoms with E-state index in [2.05, 4.69) is 0 Å². The van der Waals surface area contributed by atoms with E-state index in [0.717, 1.165) is 18.7 Å². The molecule has 0 radical (unpaired) electrons. The second-order valence-corrected chi connectivity index (χ2v) is 6.16. The summed E-state index contributed by atoms with van der Waals surface area (Å²) in [7, 11) is -0.711. The zero-order chi connectivity index (χ0) is 13.0. The minimum atomic E-state index is -0.711. The predicted octanol–water partition coefficient (Wildman–Crippen LogP) is 1.00. The summed E-state index contributed by atoms with van der Waals surface area (Å²) in [4.78, 5) is 13.9. The van der Waals surface area contributed by atoms with Crippen LogP contribution >= 0.6 is 0 Å². The number of carbonyl (C=O) groups is 1. The lowest BCUT2D eigenvalue weighted by Crippen LogP contribution is -2.41. The topological polar surface area (TPSA) is 37.4 Å². The molecule has 1 aromatic carbocycles. The van der Waals surface area contributed by atoms with E-state index >= 15 is 0 Å². The van der Waals surface area contributed by atoms with Crippen LogP contribution in [0.25, 0.3) is 0 Å². The Morgan fingerprint density at radius 3 is 2.44 bits per heavy atom. The van der Waals surface area contributed by atoms with E-state index in [-0.39, 0.29) is 11.6 Å². The average Bonchev–Trinajstić information content (AvgIpc) is 2.35. The number of carbonyl (C=O) groups excluding carboxylic acids is 1. The number of hydrogen-bond acceptors (Lipinski definition) is 3. The van der Waals surface area contributed by atoms with Gasteiger partial charge in [0, 0.05) is 41.8 Å². The van der Waals surface area contributed by atoms with Gasteiger partial charge >= 0.3 is 0 Å². The molecule has 0 aliphatic carbocycles. The number of rotatable bonds is 4. The lowest BCUT2D eigenvalue weighted by molar-refractivity contribution is -0.119. The second-order valence-electron chi connectivity index (χ2n) is 4.47. The van der Waals surface area contributed by atoms with Crippen LogP contribution in [0.2, 0.25) is 0 Å². The van der Waals surface area contributed by atoms with Gasteiger partial charge in [-0.3, -0.25) is 13.9 Å². The lowest BCUT2D eigenvalue weighted by atomic mass is 10.1. The van der Waals surface area contributed by atoms with Gasteiger partial charge in [0.05, 0.1) is 6.54 Å². The minimum Gasteiger partial charge on any atom is -0.298 e. The molecule has 1 saturated heterocycles. The van der Waals surface area contributed by atoms with Gasteiger partial charge in [-0.2, -0.15) is 0 Å². The highest BCUT2D eigenvalue weighted by molar-refractivity contribution is 7.85. The van der Waals surface area contributed by atoms with Gasteiger partial charge in [-0.15, -0.1) is 0 Å². The minimum absolute atomic E-state index is 0.120. The molecule has 2 rings (SSSR count). The van der Waals surface area contributed by atoms with Crippen molar-refractivity contribution >= 4 is 16.6 Å². The molecule has 1 aliphatic heterocycles. The molecule has 1 aliphatic rings. The fraction of sp³-hybridized carbons (Fsp3) is 0.462. The molecule has 0 aromatic heterocycles. The highest BCUT2D eigenvalue weighted by atomic mass is 32.2. The van der Waals surface area contributed by atoms with E-state index < -0.39 is 10.8 Å². The SMILES string of the molecule is O=C(Cc1ccc(F)cc1)CN1CCS(=O)CC1. The van der Waals surface area contributed by atoms with Crippen LogP contribution in [0.15, 0.2) is 24.3 Å². The number of hydrogen-bond donors (Lipinski definition) is 0. The number of Topliss-reactive ketones (excluding diaryl/α,β-unsaturated/α-hetero) is 1. The van der Waals surface area contributed by atoms with Gasteiger partial charge in [-0.05, 0) is 17.7 Å². The van der Waals surface area contributed by atoms with Crippen molar-refractivity contribution in [1.82, 2.24) is 4.90 Å². The maximum atomic E-state index is 12.7. The standard InChI is InChI=1S/C13H16FNO2S/c14-12-3-1-11(2-4-12)9-13(16)10-15-5-7-18(17)8-6-15/h1-4H,5-10H2. The van der Waals surface area contributed by atoms with Gasteiger partial charge in [0.2, 0.25) is 0 Å². The molecule has 0 bridgehead atoms. The van der Waals surface area contributed by atoms with Crippen LogP contribution in [0, 0.1) is 5.82 Å². The summed E-state index contributed by atoms with van der Waals surface area (Å²) in [5.74, 6) is 1.15. The molecule has 0 spiro atoms. The van der Waals surface area contributed by atoms with E-state index in [1.54, 1.807) is 12.1 Å². The zero-order valence-electron chi connectivity index (χ0n) is 10.1. The van der Waals surface area contributed by atoms with E-state index in [1.807, 2.05) is 4.90 Å². The molecule has 98 valence electrons. The zero-order valence-corrected chi connectivity index (χ0v) is 10.9. The van der Waals surface area contributed by atoms with Crippen LogP contribution in [0.3, 0.4) is 0 Å². The van der Waals surface area contributed by atoms with Crippen molar-refractivity contribution in [2.24, 2.45) is 0 Å². The first-order valence-electron chi connectivity index (χ1n) is 5.97. The summed E-state index contributed by atoms with van der Waals surface area (Å²) >= 11 is 0. The average molecular weight is 269 g/mol. The largest absolute Gasteiger partial charge is 0.298 e. The maximum Gasteiger partial charge on any atom is 0.151 e. The van der Waals surface area contributed by atoms with E-state index in [4.69, 9.17) is 0 Å². The predicted molar refractivity (Wildman–Crippen MR) is 69.4 cm³/mol. The van der Waals surface area contributed by atoms with Crippen molar-refractivity contribution in [2.75, 3.05) is 31.1 Å². The Morgan fingerprint density at radius 1 is 1.22 bits per heavy atom. The Labute approximate surface area is 108 Å². The molecule has 1 heterocycles. The van der Waals surface area contributed by atoms with Gasteiger partial charge in [0.25, 0.3) is 0 Å². The number of nitrogens with zero attached hydrogens (tertiary/aromatic N) is 1. The summed E-state index contributed by atoms with van der Waals surface area (Å²) in [6.45, 7) is 1.85. The fourth-order valence-corrected chi connectivity index (χ4v) is 3.10. The molecule has 0 N–H and O–H groups in total. The third kappa shape index (κ3) is 3.99. The molecule has 5 heteroatoms. The van der Waals surface area contributed by atoms with Crippen molar-refractivity contribution < 1.29 is 13.4 Å². The Bertz CT molecular complexity index is 437. The highest BCUT2D eigenvalue weighted by Crippen LogP contribution is 2.06. The van der Waals surface area contributed by atoms with Crippen molar-refractivity contribution in [3.8, 4) is 0 Å². The van der Waals surface area contributed by atoms with Crippen molar-refractivity contribution in [2.45, 2.75) is 6.42 Å². The molecular formula is C13H16FNO2S. The summed E-state index contributed by atoms with van der Waals surface area (Å²) in [6.07, 6.45) is 0.333. The van der Waals surface area contributed by atoms with Crippen LogP contribution in [-0.2, 0) is 22.0 Å². The van der Waals surface area contributed by atoms with E-state index in [0.29, 0.717) is 24.5 Å². The second kappa shape index (κ2) is 6.20. The first kappa shape index (κ1) is 13.4. The summed E-state index contributed by atoms with van der Waals surface area (Å²) < 4.78 is 23.9. The smallest absolute Gasteiger partial charge is 0.151 e. The Balaban J connectivity index is 1.81. The summed E-state index contributed by atoms with van der Waals surface area (Å²) in [5, 5.41) is 0. The third-order valence-electron chi connectivity index (χ3n) is 2.98. The van der Waals surface area contributed by atoms with Gasteiger partial charge in [0.15, 0.2) is 5.78 Å². The van der Waals surface area contributed by atoms with Gasteiger partial charge in [-0.25, -0.2) is 4.39 Å². The van der Waals surface area contributed by atoms with Crippen molar-refractivity contribution in [3.63, 3.8) is 0 Å². The molecule has 1 aromatic rings. The molecule has 0 saturated carbocycles. The number of halogens is 1. The molecule has 18 heavy (non-hydrogen) atoms. The number of ketones is 1. The fourth-order valence-electron chi connectivity index (χ4n) is 1.97. The van der Waals surface area contributed by atoms with E-state index in [9.17, 15) is 13.4 Å². The molecular weight excluding hydrogens is 253 g/mol. The van der Waals surface area contributed by atoms with E-state index in [1.165, 1.54) is 12.1 Å². The van der Waals surface area contributed by atoms with Gasteiger partial charge in [-0.1, -0.05) is 12.1 Å². The van der Waals surface area contributed by atoms with Crippen LogP contribution in [0.5, 0.6) is 0 Å². The lowest BCUT2D eigenvalue weighted by Gasteiger charge is -2.25. The van der Waals surface area contributed by atoms with Crippen molar-refractivity contribution in [1.29, 1.82) is 0 Å². The molecule has 1 fully saturated rings. The summed E-state index contributed by atoms with van der Waals surface area (Å²) in [5.41, 5.74) is 0.835. The normalized spacial score (nSPS) is 17.8. The quantitative estimate of drug-likeness (QED) is 0.818. The monoisotopic (exact) mass is 269 g/mol. The highest BCUT2D eigenvalue weighted by Gasteiger charge is 2.17. The van der Waals surface area contributed by atoms with Gasteiger partial charge < -0.3 is 0 Å². The van der Waals surface area contributed by atoms with Crippen molar-refractivity contribution in [3.05, 3.63) is 35.6 Å². The van der Waals surface area contributed by atoms with Crippen LogP contribution in [0.1, 0.15) is 5.56 Å². The first-order chi connectivity index (χ1) is 8.63. The maximum absolute atomic E-state index is 12.7. The Kier molecular flexibility index (Phi) is 4.60. The van der Waals surface area contributed by atoms with Crippen LogP contribution < -0.4 is 0 Å². The molecule has 0 unspecified atom stereocenters. The first-order valence-corrected chi connectivity index (χ1v) is 7.46. The molecule has 0 amide bonds. The van der Waals surface area contributed by atoms with Gasteiger partial charge in [0.1, 0.15) is 5.82 Å². The number of benzene rings is 1. The third-order valence-corrected chi connectivity index (χ3v) is 4.26. The summed E-state index contributed by atoms with van der Waals surface area (Å²) in [6, 6.07) is 6.01. The Morgan fingerprint density at radius 2 is 1.83 bits per heavy atom. The van der Waals surface area contributed by atoms with Crippen LogP contribution in [0.4, 0.5) is 4.39 Å².